The van der Waals surface area contributed by atoms with Crippen LogP contribution in [0.5, 0.6) is 0 Å². The van der Waals surface area contributed by atoms with Crippen LogP contribution in [-0.2, 0) is 4.79 Å². The van der Waals surface area contributed by atoms with E-state index < -0.39 is 0 Å². The van der Waals surface area contributed by atoms with Gasteiger partial charge in [0.2, 0.25) is 0 Å². The van der Waals surface area contributed by atoms with Crippen molar-refractivity contribution in [2.45, 2.75) is 26.8 Å². The summed E-state index contributed by atoms with van der Waals surface area (Å²) in [4.78, 5) is 12.2. The molecule has 0 aliphatic carbocycles. The molecular weight excluding hydrogens is 324 g/mol. The van der Waals surface area contributed by atoms with Crippen molar-refractivity contribution in [1.29, 1.82) is 0 Å². The van der Waals surface area contributed by atoms with Gasteiger partial charge in [0.25, 0.3) is 5.91 Å². The Labute approximate surface area is 152 Å². The number of fused-ring (bicyclic) bond motifs is 2. The van der Waals surface area contributed by atoms with Gasteiger partial charge in [-0.15, -0.1) is 5.10 Å². The van der Waals surface area contributed by atoms with Crippen molar-refractivity contribution in [3.8, 4) is 0 Å². The number of nitrogens with zero attached hydrogens (tertiary/aromatic N) is 3. The third kappa shape index (κ3) is 2.71. The van der Waals surface area contributed by atoms with Crippen LogP contribution in [0.15, 0.2) is 58.9 Å². The Kier molecular flexibility index (Phi) is 3.92. The van der Waals surface area contributed by atoms with Gasteiger partial charge in [0.05, 0.1) is 11.9 Å². The number of rotatable bonds is 3. The second-order valence-electron chi connectivity index (χ2n) is 6.80. The molecule has 0 unspecified atom stereocenters. The van der Waals surface area contributed by atoms with E-state index >= 15 is 0 Å². The number of aryl methyl sites for hydroxylation is 1. The van der Waals surface area contributed by atoms with Gasteiger partial charge in [-0.25, -0.2) is 0 Å². The van der Waals surface area contributed by atoms with Gasteiger partial charge in [-0.1, -0.05) is 29.8 Å². The first kappa shape index (κ1) is 16.3. The van der Waals surface area contributed by atoms with E-state index in [9.17, 15) is 4.79 Å². The topological polar surface area (TPSA) is 58.8 Å². The minimum Gasteiger partial charge on any atom is -0.344 e. The second-order valence-corrected chi connectivity index (χ2v) is 6.80. The van der Waals surface area contributed by atoms with Crippen molar-refractivity contribution >= 4 is 34.4 Å². The molecule has 1 aliphatic heterocycles. The Morgan fingerprint density at radius 1 is 1.15 bits per heavy atom. The Hall–Kier alpha value is -3.21. The van der Waals surface area contributed by atoms with E-state index in [-0.39, 0.29) is 5.91 Å². The summed E-state index contributed by atoms with van der Waals surface area (Å²) in [6, 6.07) is 14.4. The Morgan fingerprint density at radius 3 is 2.77 bits per heavy atom. The number of benzene rings is 2. The van der Waals surface area contributed by atoms with Crippen LogP contribution in [0.1, 0.15) is 36.6 Å². The fourth-order valence-electron chi connectivity index (χ4n) is 3.28. The first-order valence-electron chi connectivity index (χ1n) is 8.67. The number of hydrogen-bond acceptors (Lipinski definition) is 3. The fourth-order valence-corrected chi connectivity index (χ4v) is 3.28. The second kappa shape index (κ2) is 6.26. The van der Waals surface area contributed by atoms with Crippen LogP contribution in [0.3, 0.4) is 0 Å². The lowest BCUT2D eigenvalue weighted by Crippen LogP contribution is -2.13. The monoisotopic (exact) mass is 344 g/mol. The van der Waals surface area contributed by atoms with Gasteiger partial charge in [-0.2, -0.15) is 5.10 Å². The molecule has 3 aromatic rings. The van der Waals surface area contributed by atoms with Crippen molar-refractivity contribution in [1.82, 2.24) is 4.57 Å². The standard InChI is InChI=1S/C21H20N4O/c1-13(2)25-12-15(16-6-4-5-7-19(16)25)11-22-24-20-17-10-14(3)8-9-18(17)23-21(20)26/h4-13H,1-3H3,(H,23,24,26)/b22-11-. The lowest BCUT2D eigenvalue weighted by Gasteiger charge is -2.08. The van der Waals surface area contributed by atoms with Crippen LogP contribution in [0.2, 0.25) is 0 Å². The molecule has 2 aromatic carbocycles. The summed E-state index contributed by atoms with van der Waals surface area (Å²) in [5, 5.41) is 12.4. The number of carbonyl (C=O) groups is 1. The summed E-state index contributed by atoms with van der Waals surface area (Å²) in [7, 11) is 0. The maximum Gasteiger partial charge on any atom is 0.276 e. The van der Waals surface area contributed by atoms with Gasteiger partial charge in [-0.05, 0) is 39.0 Å². The van der Waals surface area contributed by atoms with Crippen molar-refractivity contribution in [3.63, 3.8) is 0 Å². The predicted octanol–water partition coefficient (Wildman–Crippen LogP) is 4.31. The average Bonchev–Trinajstić information content (AvgIpc) is 3.13. The number of aromatic nitrogens is 1. The van der Waals surface area contributed by atoms with Crippen LogP contribution in [0.4, 0.5) is 5.69 Å². The summed E-state index contributed by atoms with van der Waals surface area (Å²) < 4.78 is 2.21. The smallest absolute Gasteiger partial charge is 0.276 e. The van der Waals surface area contributed by atoms with Crippen molar-refractivity contribution < 1.29 is 4.79 Å². The molecule has 0 saturated carbocycles. The number of amides is 1. The highest BCUT2D eigenvalue weighted by Gasteiger charge is 2.25. The third-order valence-electron chi connectivity index (χ3n) is 4.58. The van der Waals surface area contributed by atoms with Crippen LogP contribution >= 0.6 is 0 Å². The Balaban J connectivity index is 1.72. The van der Waals surface area contributed by atoms with Gasteiger partial charge in [0.1, 0.15) is 0 Å². The number of carbonyl (C=O) groups excluding carboxylic acids is 1. The van der Waals surface area contributed by atoms with Gasteiger partial charge >= 0.3 is 0 Å². The van der Waals surface area contributed by atoms with Crippen LogP contribution in [-0.4, -0.2) is 22.4 Å². The average molecular weight is 344 g/mol. The van der Waals surface area contributed by atoms with Crippen molar-refractivity contribution in [2.24, 2.45) is 10.2 Å². The van der Waals surface area contributed by atoms with Gasteiger partial charge < -0.3 is 9.88 Å². The highest BCUT2D eigenvalue weighted by Crippen LogP contribution is 2.25. The fraction of sp³-hybridized carbons (Fsp3) is 0.190. The molecule has 1 aromatic heterocycles. The summed E-state index contributed by atoms with van der Waals surface area (Å²) in [5.74, 6) is -0.215. The molecule has 0 radical (unpaired) electrons. The molecule has 0 atom stereocenters. The molecule has 0 spiro atoms. The van der Waals surface area contributed by atoms with Crippen LogP contribution < -0.4 is 5.32 Å². The van der Waals surface area contributed by atoms with Crippen LogP contribution in [0, 0.1) is 6.92 Å². The molecule has 1 amide bonds. The molecule has 5 nitrogen and oxygen atoms in total. The van der Waals surface area contributed by atoms with Crippen molar-refractivity contribution in [2.75, 3.05) is 5.32 Å². The maximum atomic E-state index is 12.2. The van der Waals surface area contributed by atoms with E-state index in [2.05, 4.69) is 52.3 Å². The highest BCUT2D eigenvalue weighted by atomic mass is 16.2. The number of para-hydroxylation sites is 1. The summed E-state index contributed by atoms with van der Waals surface area (Å²) in [5.41, 5.74) is 5.17. The lowest BCUT2D eigenvalue weighted by molar-refractivity contribution is -0.110. The minimum absolute atomic E-state index is 0.215. The molecule has 0 saturated heterocycles. The summed E-state index contributed by atoms with van der Waals surface area (Å²) >= 11 is 0. The number of anilines is 1. The SMILES string of the molecule is Cc1ccc2c(c1)/C(=N\N=C/c1cn(C(C)C)c3ccccc13)C(=O)N2. The number of nitrogens with one attached hydrogen (secondary N) is 1. The van der Waals surface area contributed by atoms with Gasteiger partial charge in [-0.3, -0.25) is 4.79 Å². The molecule has 0 fully saturated rings. The Morgan fingerprint density at radius 2 is 1.96 bits per heavy atom. The summed E-state index contributed by atoms with van der Waals surface area (Å²) in [6.07, 6.45) is 3.79. The van der Waals surface area contributed by atoms with Crippen molar-refractivity contribution in [3.05, 3.63) is 65.4 Å². The van der Waals surface area contributed by atoms with E-state index in [0.29, 0.717) is 11.8 Å². The molecule has 1 N–H and O–H groups in total. The normalized spacial score (nSPS) is 15.4. The third-order valence-corrected chi connectivity index (χ3v) is 4.58. The predicted molar refractivity (Wildman–Crippen MR) is 106 cm³/mol. The largest absolute Gasteiger partial charge is 0.344 e. The highest BCUT2D eigenvalue weighted by molar-refractivity contribution is 6.53. The molecule has 130 valence electrons. The number of hydrogen-bond donors (Lipinski definition) is 1. The molecule has 5 heteroatoms. The van der Waals surface area contributed by atoms with E-state index in [0.717, 1.165) is 33.3 Å². The van der Waals surface area contributed by atoms with E-state index in [4.69, 9.17) is 0 Å². The van der Waals surface area contributed by atoms with E-state index in [1.54, 1.807) is 6.21 Å². The molecule has 4 rings (SSSR count). The molecule has 1 aliphatic rings. The first-order valence-corrected chi connectivity index (χ1v) is 8.67. The van der Waals surface area contributed by atoms with Crippen LogP contribution in [0.25, 0.3) is 10.9 Å². The quantitative estimate of drug-likeness (QED) is 0.559. The summed E-state index contributed by atoms with van der Waals surface area (Å²) in [6.45, 7) is 6.29. The molecule has 2 heterocycles. The molecule has 0 bridgehead atoms. The maximum absolute atomic E-state index is 12.2. The van der Waals surface area contributed by atoms with Gasteiger partial charge in [0.15, 0.2) is 5.71 Å². The first-order chi connectivity index (χ1) is 12.5. The molecule has 26 heavy (non-hydrogen) atoms. The lowest BCUT2D eigenvalue weighted by atomic mass is 10.1. The van der Waals surface area contributed by atoms with E-state index in [1.807, 2.05) is 37.3 Å². The zero-order valence-corrected chi connectivity index (χ0v) is 15.0. The minimum atomic E-state index is -0.215. The zero-order valence-electron chi connectivity index (χ0n) is 15.0. The van der Waals surface area contributed by atoms with Gasteiger partial charge in [0, 0.05) is 34.3 Å². The molecular formula is C21H20N4O. The van der Waals surface area contributed by atoms with E-state index in [1.165, 1.54) is 0 Å². The Bertz CT molecular complexity index is 1070. The zero-order chi connectivity index (χ0) is 18.3.